The molecular weight excluding hydrogens is 616 g/mol. The van der Waals surface area contributed by atoms with Crippen LogP contribution in [0.2, 0.25) is 0 Å². The zero-order valence-corrected chi connectivity index (χ0v) is 29.2. The van der Waals surface area contributed by atoms with Crippen LogP contribution in [0, 0.1) is 0 Å². The maximum atomic E-state index is 12.8. The molecule has 0 bridgehead atoms. The summed E-state index contributed by atoms with van der Waals surface area (Å²) in [7, 11) is 1.59. The Kier molecular flexibility index (Phi) is 21.4. The quantitative estimate of drug-likeness (QED) is 0.0564. The molecule has 16 heteroatoms. The number of nitrogens with one attached hydrogen (secondary N) is 4. The third kappa shape index (κ3) is 23.6. The van der Waals surface area contributed by atoms with Crippen molar-refractivity contribution in [3.63, 3.8) is 0 Å². The number of likely N-dealkylation sites (N-methyl/N-ethyl adjacent to an activating group) is 1. The Hall–Kier alpha value is -3.34. The number of ether oxygens (including phenoxy) is 4. The van der Waals surface area contributed by atoms with Crippen molar-refractivity contribution < 1.29 is 47.7 Å². The highest BCUT2D eigenvalue weighted by Gasteiger charge is 2.29. The lowest BCUT2D eigenvalue weighted by Crippen LogP contribution is -2.46. The van der Waals surface area contributed by atoms with Crippen LogP contribution in [0.1, 0.15) is 86.5 Å². The van der Waals surface area contributed by atoms with Gasteiger partial charge in [0, 0.05) is 19.4 Å². The Morgan fingerprint density at radius 1 is 0.660 bits per heavy atom. The number of esters is 2. The zero-order chi connectivity index (χ0) is 36.0. The first kappa shape index (κ1) is 43.7. The van der Waals surface area contributed by atoms with Gasteiger partial charge in [0.15, 0.2) is 0 Å². The minimum atomic E-state index is -1.07. The van der Waals surface area contributed by atoms with Crippen molar-refractivity contribution in [1.29, 1.82) is 0 Å². The van der Waals surface area contributed by atoms with Crippen LogP contribution < -0.4 is 32.7 Å². The minimum absolute atomic E-state index is 0.00556. The second kappa shape index (κ2) is 23.1. The number of carbonyl (C=O) groups is 6. The lowest BCUT2D eigenvalue weighted by molar-refractivity contribution is -0.160. The van der Waals surface area contributed by atoms with Crippen LogP contribution >= 0.6 is 0 Å². The summed E-state index contributed by atoms with van der Waals surface area (Å²) in [4.78, 5) is 73.8. The first-order chi connectivity index (χ1) is 21.9. The highest BCUT2D eigenvalue weighted by molar-refractivity contribution is 5.87. The van der Waals surface area contributed by atoms with Gasteiger partial charge < -0.3 is 51.7 Å². The molecule has 4 amide bonds. The number of carbonyl (C=O) groups excluding carboxylic acids is 6. The smallest absolute Gasteiger partial charge is 0.329 e. The molecular formula is C31H58N6O10. The van der Waals surface area contributed by atoms with Crippen LogP contribution in [0.5, 0.6) is 0 Å². The molecule has 16 nitrogen and oxygen atoms in total. The Balaban J connectivity index is 4.56. The molecule has 0 aliphatic carbocycles. The Bertz CT molecular complexity index is 996. The molecule has 0 fully saturated rings. The van der Waals surface area contributed by atoms with Crippen molar-refractivity contribution in [3.8, 4) is 0 Å². The van der Waals surface area contributed by atoms with E-state index in [9.17, 15) is 28.8 Å². The Morgan fingerprint density at radius 3 is 1.74 bits per heavy atom. The van der Waals surface area contributed by atoms with Crippen molar-refractivity contribution in [1.82, 2.24) is 21.3 Å². The predicted octanol–water partition coefficient (Wildman–Crippen LogP) is -0.448. The second-order valence-corrected chi connectivity index (χ2v) is 12.9. The summed E-state index contributed by atoms with van der Waals surface area (Å²) in [5.74, 6) is -3.10. The molecule has 0 aromatic carbocycles. The number of hydrogen-bond acceptors (Lipinski definition) is 12. The van der Waals surface area contributed by atoms with Crippen molar-refractivity contribution >= 4 is 35.6 Å². The van der Waals surface area contributed by atoms with E-state index in [-0.39, 0.29) is 64.6 Å². The normalized spacial score (nSPS) is 13.5. The van der Waals surface area contributed by atoms with Crippen molar-refractivity contribution in [2.75, 3.05) is 46.6 Å². The van der Waals surface area contributed by atoms with E-state index in [4.69, 9.17) is 30.4 Å². The first-order valence-electron chi connectivity index (χ1n) is 16.0. The lowest BCUT2D eigenvalue weighted by atomic mass is 10.1. The Morgan fingerprint density at radius 2 is 1.19 bits per heavy atom. The zero-order valence-electron chi connectivity index (χ0n) is 29.2. The fraction of sp³-hybridized carbons (Fsp3) is 0.806. The number of nitrogens with two attached hydrogens (primary N) is 2. The van der Waals surface area contributed by atoms with Crippen LogP contribution in [0.4, 0.5) is 0 Å². The standard InChI is InChI=1S/C31H58N6O10/c1-30(2,3)46-28(42)22(34-7)11-14-25(39)37-23(29(43)47-31(4,5)6)12-13-24(38)35-16-17-44-18-19-45-20-26(40)36-21(27(33)41)10-8-9-15-32/h21-23,34H,8-20,32H2,1-7H3,(H2,33,41)(H,35,38)(H,36,40)(H,37,39). The minimum Gasteiger partial charge on any atom is -0.459 e. The number of primary amides is 1. The summed E-state index contributed by atoms with van der Waals surface area (Å²) < 4.78 is 21.4. The van der Waals surface area contributed by atoms with E-state index in [1.165, 1.54) is 0 Å². The molecule has 3 unspecified atom stereocenters. The van der Waals surface area contributed by atoms with E-state index in [0.29, 0.717) is 19.4 Å². The summed E-state index contributed by atoms with van der Waals surface area (Å²) in [6, 6.07) is -2.57. The van der Waals surface area contributed by atoms with E-state index in [0.717, 1.165) is 6.42 Å². The first-order valence-corrected chi connectivity index (χ1v) is 16.0. The molecule has 47 heavy (non-hydrogen) atoms. The summed E-state index contributed by atoms with van der Waals surface area (Å²) in [6.07, 6.45) is 1.78. The molecule has 8 N–H and O–H groups in total. The fourth-order valence-corrected chi connectivity index (χ4v) is 3.94. The lowest BCUT2D eigenvalue weighted by Gasteiger charge is -2.25. The number of hydrogen-bond donors (Lipinski definition) is 6. The van der Waals surface area contributed by atoms with E-state index < -0.39 is 59.0 Å². The molecule has 0 aliphatic rings. The summed E-state index contributed by atoms with van der Waals surface area (Å²) in [5, 5.41) is 10.7. The number of amides is 4. The third-order valence-corrected chi connectivity index (χ3v) is 6.19. The maximum absolute atomic E-state index is 12.8. The van der Waals surface area contributed by atoms with Crippen molar-refractivity contribution in [3.05, 3.63) is 0 Å². The van der Waals surface area contributed by atoms with Crippen LogP contribution in [-0.4, -0.2) is 111 Å². The van der Waals surface area contributed by atoms with E-state index in [1.54, 1.807) is 48.6 Å². The maximum Gasteiger partial charge on any atom is 0.329 e. The largest absolute Gasteiger partial charge is 0.459 e. The molecule has 272 valence electrons. The third-order valence-electron chi connectivity index (χ3n) is 6.19. The molecule has 0 spiro atoms. The number of unbranched alkanes of at least 4 members (excludes halogenated alkanes) is 1. The highest BCUT2D eigenvalue weighted by Crippen LogP contribution is 2.13. The van der Waals surface area contributed by atoms with Crippen molar-refractivity contribution in [2.45, 2.75) is 116 Å². The average Bonchev–Trinajstić information content (AvgIpc) is 2.94. The SMILES string of the molecule is CNC(CCC(=O)NC(CCC(=O)NCCOCCOCC(=O)NC(CCCCN)C(N)=O)C(=O)OC(C)(C)C)C(=O)OC(C)(C)C. The Labute approximate surface area is 278 Å². The molecule has 0 aromatic rings. The molecule has 3 atom stereocenters. The van der Waals surface area contributed by atoms with Gasteiger partial charge in [0.1, 0.15) is 35.9 Å². The van der Waals surface area contributed by atoms with Gasteiger partial charge in [-0.25, -0.2) is 4.79 Å². The highest BCUT2D eigenvalue weighted by atomic mass is 16.6. The second-order valence-electron chi connectivity index (χ2n) is 12.9. The van der Waals surface area contributed by atoms with E-state index in [2.05, 4.69) is 21.3 Å². The van der Waals surface area contributed by atoms with E-state index >= 15 is 0 Å². The summed E-state index contributed by atoms with van der Waals surface area (Å²) in [6.45, 7) is 11.2. The van der Waals surface area contributed by atoms with Gasteiger partial charge in [-0.05, 0) is 87.2 Å². The van der Waals surface area contributed by atoms with Crippen LogP contribution in [0.3, 0.4) is 0 Å². The molecule has 0 heterocycles. The molecule has 0 aromatic heterocycles. The van der Waals surface area contributed by atoms with Gasteiger partial charge in [-0.2, -0.15) is 0 Å². The van der Waals surface area contributed by atoms with Gasteiger partial charge in [0.25, 0.3) is 0 Å². The van der Waals surface area contributed by atoms with Crippen LogP contribution in [0.15, 0.2) is 0 Å². The average molecular weight is 675 g/mol. The molecule has 0 aliphatic heterocycles. The van der Waals surface area contributed by atoms with Gasteiger partial charge in [-0.15, -0.1) is 0 Å². The monoisotopic (exact) mass is 674 g/mol. The van der Waals surface area contributed by atoms with Crippen LogP contribution in [-0.2, 0) is 47.7 Å². The van der Waals surface area contributed by atoms with Gasteiger partial charge in [0.2, 0.25) is 23.6 Å². The van der Waals surface area contributed by atoms with Crippen LogP contribution in [0.25, 0.3) is 0 Å². The van der Waals surface area contributed by atoms with E-state index in [1.807, 2.05) is 0 Å². The predicted molar refractivity (Wildman–Crippen MR) is 174 cm³/mol. The molecule has 0 radical (unpaired) electrons. The molecule has 0 rings (SSSR count). The number of rotatable bonds is 24. The van der Waals surface area contributed by atoms with Gasteiger partial charge in [-0.1, -0.05) is 0 Å². The fourth-order valence-electron chi connectivity index (χ4n) is 3.94. The van der Waals surface area contributed by atoms with Gasteiger partial charge in [0.05, 0.1) is 19.8 Å². The van der Waals surface area contributed by atoms with Crippen molar-refractivity contribution in [2.24, 2.45) is 11.5 Å². The molecule has 0 saturated heterocycles. The molecule has 0 saturated carbocycles. The van der Waals surface area contributed by atoms with Gasteiger partial charge >= 0.3 is 11.9 Å². The van der Waals surface area contributed by atoms with Gasteiger partial charge in [-0.3, -0.25) is 24.0 Å². The summed E-state index contributed by atoms with van der Waals surface area (Å²) >= 11 is 0. The summed E-state index contributed by atoms with van der Waals surface area (Å²) in [5.41, 5.74) is 9.27. The topological polar surface area (TPSA) is 240 Å².